The van der Waals surface area contributed by atoms with Gasteiger partial charge in [-0.3, -0.25) is 9.59 Å². The molecule has 0 aromatic heterocycles. The van der Waals surface area contributed by atoms with Gasteiger partial charge in [0.25, 0.3) is 0 Å². The van der Waals surface area contributed by atoms with E-state index in [1.165, 1.54) is 0 Å². The number of ether oxygens (including phenoxy) is 4. The predicted molar refractivity (Wildman–Crippen MR) is 93.3 cm³/mol. The maximum atomic E-state index is 11.7. The van der Waals surface area contributed by atoms with Crippen LogP contribution in [0.15, 0.2) is 24.3 Å². The number of hydrogen-bond acceptors (Lipinski definition) is 6. The molecule has 1 aromatic carbocycles. The van der Waals surface area contributed by atoms with Crippen LogP contribution >= 0.6 is 0 Å². The van der Waals surface area contributed by atoms with Crippen LogP contribution < -0.4 is 4.74 Å². The third-order valence-electron chi connectivity index (χ3n) is 3.37. The van der Waals surface area contributed by atoms with Crippen molar-refractivity contribution in [2.75, 3.05) is 20.3 Å². The van der Waals surface area contributed by atoms with Gasteiger partial charge in [-0.05, 0) is 30.5 Å². The molecule has 1 aromatic rings. The Balaban J connectivity index is 2.46. The van der Waals surface area contributed by atoms with E-state index >= 15 is 0 Å². The zero-order chi connectivity index (χ0) is 18.5. The van der Waals surface area contributed by atoms with Gasteiger partial charge in [0.1, 0.15) is 12.4 Å². The molecule has 0 aliphatic heterocycles. The van der Waals surface area contributed by atoms with Crippen molar-refractivity contribution in [3.8, 4) is 5.75 Å². The second-order valence-electron chi connectivity index (χ2n) is 5.66. The summed E-state index contributed by atoms with van der Waals surface area (Å²) in [6, 6.07) is 7.50. The van der Waals surface area contributed by atoms with Gasteiger partial charge < -0.3 is 18.9 Å². The number of methoxy groups -OCH3 is 1. The molecule has 6 nitrogen and oxygen atoms in total. The molecule has 6 heteroatoms. The summed E-state index contributed by atoms with van der Waals surface area (Å²) in [7, 11) is 1.61. The Morgan fingerprint density at radius 2 is 1.60 bits per heavy atom. The van der Waals surface area contributed by atoms with Gasteiger partial charge in [-0.15, -0.1) is 0 Å². The fraction of sp³-hybridized carbons (Fsp3) is 0.579. The summed E-state index contributed by atoms with van der Waals surface area (Å²) in [6.07, 6.45) is 1.50. The summed E-state index contributed by atoms with van der Waals surface area (Å²) in [5.41, 5.74) is 0.974. The van der Waals surface area contributed by atoms with E-state index in [0.717, 1.165) is 11.3 Å². The molecule has 0 saturated carbocycles. The Bertz CT molecular complexity index is 511. The summed E-state index contributed by atoms with van der Waals surface area (Å²) in [5.74, 6) is 0.166. The standard InChI is InChI=1S/C19H28O6/c1-4-6-18(20)24-14-17(25-19(21)7-5-2)13-23-12-15-8-10-16(22-3)11-9-15/h8-11,17H,4-7,12-14H2,1-3H3/t17-/m1/s1. The highest BCUT2D eigenvalue weighted by Gasteiger charge is 2.17. The minimum atomic E-state index is -0.599. The highest BCUT2D eigenvalue weighted by molar-refractivity contribution is 5.70. The molecule has 0 unspecified atom stereocenters. The van der Waals surface area contributed by atoms with Crippen LogP contribution in [0.3, 0.4) is 0 Å². The van der Waals surface area contributed by atoms with Gasteiger partial charge in [0.2, 0.25) is 0 Å². The first-order valence-electron chi connectivity index (χ1n) is 8.64. The normalized spacial score (nSPS) is 11.6. The number of carbonyl (C=O) groups excluding carboxylic acids is 2. The lowest BCUT2D eigenvalue weighted by Crippen LogP contribution is -2.29. The van der Waals surface area contributed by atoms with Crippen molar-refractivity contribution in [3.63, 3.8) is 0 Å². The lowest BCUT2D eigenvalue weighted by molar-refractivity contribution is -0.163. The zero-order valence-electron chi connectivity index (χ0n) is 15.3. The van der Waals surface area contributed by atoms with Crippen LogP contribution in [0.4, 0.5) is 0 Å². The van der Waals surface area contributed by atoms with Crippen molar-refractivity contribution in [1.82, 2.24) is 0 Å². The molecule has 1 rings (SSSR count). The number of esters is 2. The first-order valence-corrected chi connectivity index (χ1v) is 8.64. The van der Waals surface area contributed by atoms with Crippen LogP contribution in [0.25, 0.3) is 0 Å². The molecule has 0 fully saturated rings. The first kappa shape index (κ1) is 21.0. The largest absolute Gasteiger partial charge is 0.497 e. The monoisotopic (exact) mass is 352 g/mol. The van der Waals surface area contributed by atoms with Crippen molar-refractivity contribution < 1.29 is 28.5 Å². The topological polar surface area (TPSA) is 71.1 Å². The molecular weight excluding hydrogens is 324 g/mol. The van der Waals surface area contributed by atoms with Gasteiger partial charge in [0, 0.05) is 12.8 Å². The molecule has 0 heterocycles. The zero-order valence-corrected chi connectivity index (χ0v) is 15.3. The van der Waals surface area contributed by atoms with Gasteiger partial charge in [-0.1, -0.05) is 26.0 Å². The predicted octanol–water partition coefficient (Wildman–Crippen LogP) is 3.27. The SMILES string of the molecule is CCCC(=O)OC[C@@H](COCc1ccc(OC)cc1)OC(=O)CCC. The molecule has 0 radical (unpaired) electrons. The van der Waals surface area contributed by atoms with E-state index in [1.54, 1.807) is 7.11 Å². The summed E-state index contributed by atoms with van der Waals surface area (Å²) < 4.78 is 21.2. The Morgan fingerprint density at radius 3 is 2.20 bits per heavy atom. The Kier molecular flexibility index (Phi) is 10.3. The Hall–Kier alpha value is -2.08. The number of benzene rings is 1. The van der Waals surface area contributed by atoms with Crippen LogP contribution in [0.5, 0.6) is 5.75 Å². The van der Waals surface area contributed by atoms with Crippen LogP contribution in [-0.2, 0) is 30.4 Å². The van der Waals surface area contributed by atoms with Gasteiger partial charge in [-0.25, -0.2) is 0 Å². The average molecular weight is 352 g/mol. The lowest BCUT2D eigenvalue weighted by Gasteiger charge is -2.18. The molecule has 25 heavy (non-hydrogen) atoms. The third-order valence-corrected chi connectivity index (χ3v) is 3.37. The second-order valence-corrected chi connectivity index (χ2v) is 5.66. The molecule has 0 aliphatic rings. The maximum Gasteiger partial charge on any atom is 0.306 e. The number of carbonyl (C=O) groups is 2. The summed E-state index contributed by atoms with van der Waals surface area (Å²) in [4.78, 5) is 23.2. The molecule has 0 bridgehead atoms. The molecule has 0 aliphatic carbocycles. The molecule has 0 saturated heterocycles. The minimum absolute atomic E-state index is 0.0108. The summed E-state index contributed by atoms with van der Waals surface area (Å²) >= 11 is 0. The molecule has 1 atom stereocenters. The third kappa shape index (κ3) is 9.10. The summed E-state index contributed by atoms with van der Waals surface area (Å²) in [5, 5.41) is 0. The van der Waals surface area contributed by atoms with E-state index in [4.69, 9.17) is 18.9 Å². The van der Waals surface area contributed by atoms with Crippen LogP contribution in [0.2, 0.25) is 0 Å². The van der Waals surface area contributed by atoms with E-state index in [9.17, 15) is 9.59 Å². The smallest absolute Gasteiger partial charge is 0.306 e. The molecule has 0 N–H and O–H groups in total. The number of hydrogen-bond donors (Lipinski definition) is 0. The molecular formula is C19H28O6. The van der Waals surface area contributed by atoms with Crippen LogP contribution in [0.1, 0.15) is 45.1 Å². The molecule has 0 amide bonds. The van der Waals surface area contributed by atoms with Crippen molar-refractivity contribution in [3.05, 3.63) is 29.8 Å². The summed E-state index contributed by atoms with van der Waals surface area (Å²) in [6.45, 7) is 4.35. The van der Waals surface area contributed by atoms with E-state index in [0.29, 0.717) is 32.3 Å². The van der Waals surface area contributed by atoms with Gasteiger partial charge in [0.05, 0.1) is 20.3 Å². The fourth-order valence-electron chi connectivity index (χ4n) is 2.06. The molecule has 0 spiro atoms. The van der Waals surface area contributed by atoms with Crippen molar-refractivity contribution in [2.24, 2.45) is 0 Å². The second kappa shape index (κ2) is 12.3. The number of rotatable bonds is 12. The van der Waals surface area contributed by atoms with E-state index in [2.05, 4.69) is 0 Å². The highest BCUT2D eigenvalue weighted by atomic mass is 16.6. The highest BCUT2D eigenvalue weighted by Crippen LogP contribution is 2.12. The van der Waals surface area contributed by atoms with Crippen LogP contribution in [-0.4, -0.2) is 38.4 Å². The fourth-order valence-corrected chi connectivity index (χ4v) is 2.06. The van der Waals surface area contributed by atoms with E-state index in [1.807, 2.05) is 38.1 Å². The van der Waals surface area contributed by atoms with Crippen molar-refractivity contribution in [2.45, 2.75) is 52.2 Å². The average Bonchev–Trinajstić information content (AvgIpc) is 2.60. The lowest BCUT2D eigenvalue weighted by atomic mass is 10.2. The van der Waals surface area contributed by atoms with Crippen LogP contribution in [0, 0.1) is 0 Å². The minimum Gasteiger partial charge on any atom is -0.497 e. The van der Waals surface area contributed by atoms with E-state index < -0.39 is 6.10 Å². The van der Waals surface area contributed by atoms with Gasteiger partial charge in [0.15, 0.2) is 6.10 Å². The first-order chi connectivity index (χ1) is 12.1. The Morgan fingerprint density at radius 1 is 0.960 bits per heavy atom. The van der Waals surface area contributed by atoms with Gasteiger partial charge >= 0.3 is 11.9 Å². The van der Waals surface area contributed by atoms with Crippen molar-refractivity contribution >= 4 is 11.9 Å². The van der Waals surface area contributed by atoms with Gasteiger partial charge in [-0.2, -0.15) is 0 Å². The van der Waals surface area contributed by atoms with E-state index in [-0.39, 0.29) is 25.2 Å². The van der Waals surface area contributed by atoms with Crippen molar-refractivity contribution in [1.29, 1.82) is 0 Å². The maximum absolute atomic E-state index is 11.7. The Labute approximate surface area is 149 Å². The quantitative estimate of drug-likeness (QED) is 0.538. The molecule has 140 valence electrons.